The van der Waals surface area contributed by atoms with E-state index in [0.717, 1.165) is 22.0 Å². The van der Waals surface area contributed by atoms with Crippen LogP contribution in [-0.2, 0) is 6.42 Å². The number of amides is 1. The van der Waals surface area contributed by atoms with Crippen LogP contribution in [0.1, 0.15) is 21.5 Å². The number of pyridine rings is 1. The summed E-state index contributed by atoms with van der Waals surface area (Å²) < 4.78 is 16.5. The van der Waals surface area contributed by atoms with Crippen LogP contribution in [0.4, 0.5) is 0 Å². The average molecular weight is 526 g/mol. The third-order valence-corrected chi connectivity index (χ3v) is 6.87. The lowest BCUT2D eigenvalue weighted by Gasteiger charge is -2.18. The molecule has 39 heavy (non-hydrogen) atoms. The highest BCUT2D eigenvalue weighted by Crippen LogP contribution is 2.41. The normalized spacial score (nSPS) is 11.9. The number of aliphatic hydroxyl groups is 1. The molecule has 3 N–H and O–H groups in total. The lowest BCUT2D eigenvalue weighted by atomic mass is 10.0. The van der Waals surface area contributed by atoms with Crippen molar-refractivity contribution in [2.24, 2.45) is 0 Å². The third-order valence-electron chi connectivity index (χ3n) is 6.87. The number of benzene rings is 3. The second-order valence-corrected chi connectivity index (χ2v) is 9.41. The van der Waals surface area contributed by atoms with E-state index in [1.54, 1.807) is 39.5 Å². The summed E-state index contributed by atoms with van der Waals surface area (Å²) in [4.78, 5) is 21.8. The molecule has 0 saturated heterocycles. The molecule has 0 fully saturated rings. The minimum absolute atomic E-state index is 0.201. The van der Waals surface area contributed by atoms with Gasteiger partial charge in [0.1, 0.15) is 0 Å². The summed E-state index contributed by atoms with van der Waals surface area (Å²) in [7, 11) is 4.65. The SMILES string of the molecule is COc1cc(-c2cc(C(=O)N[C@H](CO)Cc3c[nH]c4cc(C)ccc34)c3ccccc3n2)cc(OC)c1OC. The minimum Gasteiger partial charge on any atom is -0.493 e. The van der Waals surface area contributed by atoms with Gasteiger partial charge in [-0.25, -0.2) is 4.98 Å². The lowest BCUT2D eigenvalue weighted by Crippen LogP contribution is -2.39. The van der Waals surface area contributed by atoms with Crippen molar-refractivity contribution in [1.29, 1.82) is 0 Å². The maximum atomic E-state index is 13.7. The molecule has 0 aliphatic carbocycles. The van der Waals surface area contributed by atoms with Crippen molar-refractivity contribution >= 4 is 27.7 Å². The Morgan fingerprint density at radius 2 is 1.72 bits per heavy atom. The van der Waals surface area contributed by atoms with Gasteiger partial charge in [-0.2, -0.15) is 0 Å². The van der Waals surface area contributed by atoms with Crippen molar-refractivity contribution in [3.05, 3.63) is 83.6 Å². The van der Waals surface area contributed by atoms with E-state index in [2.05, 4.69) is 28.5 Å². The highest BCUT2D eigenvalue weighted by atomic mass is 16.5. The first-order valence-corrected chi connectivity index (χ1v) is 12.6. The van der Waals surface area contributed by atoms with Crippen LogP contribution in [0.3, 0.4) is 0 Å². The van der Waals surface area contributed by atoms with Crippen LogP contribution in [0, 0.1) is 6.92 Å². The standard InChI is InChI=1S/C31H31N3O5/c1-18-9-10-22-20(16-32-27(22)11-18)12-21(17-35)33-31(36)24-15-26(34-25-8-6-5-7-23(24)25)19-13-28(37-2)30(39-4)29(14-19)38-3/h5-11,13-16,21,32,35H,12,17H2,1-4H3,(H,33,36)/t21-/m0/s1. The second-order valence-electron chi connectivity index (χ2n) is 9.41. The fourth-order valence-corrected chi connectivity index (χ4v) is 4.90. The summed E-state index contributed by atoms with van der Waals surface area (Å²) >= 11 is 0. The number of carbonyl (C=O) groups is 1. The van der Waals surface area contributed by atoms with E-state index in [1.807, 2.05) is 37.4 Å². The molecule has 8 heteroatoms. The summed E-state index contributed by atoms with van der Waals surface area (Å²) in [6.07, 6.45) is 2.41. The number of hydrogen-bond donors (Lipinski definition) is 3. The monoisotopic (exact) mass is 525 g/mol. The smallest absolute Gasteiger partial charge is 0.252 e. The van der Waals surface area contributed by atoms with E-state index in [4.69, 9.17) is 19.2 Å². The molecule has 0 bridgehead atoms. The molecule has 5 aromatic rings. The Kier molecular flexibility index (Phi) is 7.38. The fourth-order valence-electron chi connectivity index (χ4n) is 4.90. The molecule has 0 aliphatic rings. The van der Waals surface area contributed by atoms with Crippen LogP contribution >= 0.6 is 0 Å². The second kappa shape index (κ2) is 11.0. The number of para-hydroxylation sites is 1. The Bertz CT molecular complexity index is 1630. The number of aryl methyl sites for hydroxylation is 1. The maximum absolute atomic E-state index is 13.7. The quantitative estimate of drug-likeness (QED) is 0.249. The van der Waals surface area contributed by atoms with E-state index >= 15 is 0 Å². The molecule has 1 amide bonds. The maximum Gasteiger partial charge on any atom is 0.252 e. The molecule has 200 valence electrons. The molecular formula is C31H31N3O5. The number of carbonyl (C=O) groups excluding carboxylic acids is 1. The molecule has 2 aromatic heterocycles. The fraction of sp³-hybridized carbons (Fsp3) is 0.226. The van der Waals surface area contributed by atoms with Gasteiger partial charge in [0.05, 0.1) is 50.8 Å². The van der Waals surface area contributed by atoms with E-state index in [-0.39, 0.29) is 12.5 Å². The molecule has 5 rings (SSSR count). The van der Waals surface area contributed by atoms with Crippen molar-refractivity contribution in [3.63, 3.8) is 0 Å². The average Bonchev–Trinajstić information content (AvgIpc) is 3.36. The number of ether oxygens (including phenoxy) is 3. The first kappa shape index (κ1) is 26.1. The molecule has 0 aliphatic heterocycles. The molecule has 8 nitrogen and oxygen atoms in total. The van der Waals surface area contributed by atoms with Gasteiger partial charge >= 0.3 is 0 Å². The van der Waals surface area contributed by atoms with Gasteiger partial charge in [0.2, 0.25) is 5.75 Å². The Morgan fingerprint density at radius 3 is 2.41 bits per heavy atom. The van der Waals surface area contributed by atoms with E-state index in [0.29, 0.717) is 51.4 Å². The zero-order valence-corrected chi connectivity index (χ0v) is 22.4. The van der Waals surface area contributed by atoms with Crippen molar-refractivity contribution in [3.8, 4) is 28.5 Å². The van der Waals surface area contributed by atoms with Crippen LogP contribution in [0.25, 0.3) is 33.1 Å². The number of aromatic amines is 1. The van der Waals surface area contributed by atoms with Gasteiger partial charge in [0, 0.05) is 28.0 Å². The molecule has 3 aromatic carbocycles. The number of aromatic nitrogens is 2. The largest absolute Gasteiger partial charge is 0.493 e. The van der Waals surface area contributed by atoms with Crippen molar-refractivity contribution in [2.75, 3.05) is 27.9 Å². The zero-order valence-electron chi connectivity index (χ0n) is 22.4. The van der Waals surface area contributed by atoms with Crippen molar-refractivity contribution in [1.82, 2.24) is 15.3 Å². The van der Waals surface area contributed by atoms with E-state index in [1.165, 1.54) is 0 Å². The van der Waals surface area contributed by atoms with Gasteiger partial charge in [-0.05, 0) is 54.8 Å². The zero-order chi connectivity index (χ0) is 27.5. The number of nitrogens with zero attached hydrogens (tertiary/aromatic N) is 1. The highest BCUT2D eigenvalue weighted by molar-refractivity contribution is 6.07. The van der Waals surface area contributed by atoms with Gasteiger partial charge in [0.15, 0.2) is 11.5 Å². The number of H-pyrrole nitrogens is 1. The topological polar surface area (TPSA) is 106 Å². The summed E-state index contributed by atoms with van der Waals surface area (Å²) in [6, 6.07) is 18.6. The summed E-state index contributed by atoms with van der Waals surface area (Å²) in [5.41, 5.74) is 5.63. The third kappa shape index (κ3) is 5.11. The van der Waals surface area contributed by atoms with Crippen LogP contribution in [0.15, 0.2) is 66.9 Å². The molecular weight excluding hydrogens is 494 g/mol. The van der Waals surface area contributed by atoms with Gasteiger partial charge in [-0.1, -0.05) is 30.3 Å². The first-order chi connectivity index (χ1) is 18.9. The van der Waals surface area contributed by atoms with Crippen LogP contribution in [0.5, 0.6) is 17.2 Å². The molecule has 0 spiro atoms. The first-order valence-electron chi connectivity index (χ1n) is 12.6. The molecule has 1 atom stereocenters. The summed E-state index contributed by atoms with van der Waals surface area (Å²) in [5, 5.41) is 15.0. The Balaban J connectivity index is 1.51. The number of methoxy groups -OCH3 is 3. The van der Waals surface area contributed by atoms with Gasteiger partial charge < -0.3 is 29.6 Å². The predicted octanol–water partition coefficient (Wildman–Crippen LogP) is 5.05. The van der Waals surface area contributed by atoms with Gasteiger partial charge in [-0.15, -0.1) is 0 Å². The van der Waals surface area contributed by atoms with Crippen LogP contribution in [-0.4, -0.2) is 55.0 Å². The number of hydrogen-bond acceptors (Lipinski definition) is 6. The van der Waals surface area contributed by atoms with E-state index < -0.39 is 6.04 Å². The molecule has 0 saturated carbocycles. The lowest BCUT2D eigenvalue weighted by molar-refractivity contribution is 0.0918. The number of fused-ring (bicyclic) bond motifs is 2. The minimum atomic E-state index is -0.477. The summed E-state index contributed by atoms with van der Waals surface area (Å²) in [6.45, 7) is 1.84. The van der Waals surface area contributed by atoms with Crippen molar-refractivity contribution < 1.29 is 24.1 Å². The van der Waals surface area contributed by atoms with Gasteiger partial charge in [-0.3, -0.25) is 4.79 Å². The number of rotatable bonds is 9. The van der Waals surface area contributed by atoms with Crippen LogP contribution in [0.2, 0.25) is 0 Å². The Hall–Kier alpha value is -4.56. The summed E-state index contributed by atoms with van der Waals surface area (Å²) in [5.74, 6) is 1.15. The number of nitrogens with one attached hydrogen (secondary N) is 2. The number of aliphatic hydroxyl groups excluding tert-OH is 1. The highest BCUT2D eigenvalue weighted by Gasteiger charge is 2.21. The van der Waals surface area contributed by atoms with Crippen molar-refractivity contribution in [2.45, 2.75) is 19.4 Å². The van der Waals surface area contributed by atoms with E-state index in [9.17, 15) is 9.90 Å². The van der Waals surface area contributed by atoms with Gasteiger partial charge in [0.25, 0.3) is 5.91 Å². The molecule has 0 radical (unpaired) electrons. The molecule has 2 heterocycles. The predicted molar refractivity (Wildman–Crippen MR) is 152 cm³/mol. The Labute approximate surface area is 226 Å². The van der Waals surface area contributed by atoms with Crippen LogP contribution < -0.4 is 19.5 Å². The molecule has 0 unspecified atom stereocenters. The Morgan fingerprint density at radius 1 is 0.974 bits per heavy atom.